The van der Waals surface area contributed by atoms with Crippen LogP contribution in [0.4, 0.5) is 5.69 Å². The maximum atomic E-state index is 13.1. The van der Waals surface area contributed by atoms with E-state index in [4.69, 9.17) is 16.3 Å². The largest absolute Gasteiger partial charge is 0.462 e. The van der Waals surface area contributed by atoms with Gasteiger partial charge in [-0.15, -0.1) is 11.3 Å². The number of halogens is 1. The van der Waals surface area contributed by atoms with Crippen molar-refractivity contribution in [3.63, 3.8) is 0 Å². The zero-order valence-electron chi connectivity index (χ0n) is 16.3. The molecule has 0 fully saturated rings. The lowest BCUT2D eigenvalue weighted by atomic mass is 10.1. The predicted molar refractivity (Wildman–Crippen MR) is 120 cm³/mol. The first-order valence-electron chi connectivity index (χ1n) is 9.32. The molecular formula is C22H16ClN3O4S. The highest BCUT2D eigenvalue weighted by Crippen LogP contribution is 2.30. The average Bonchev–Trinajstić information content (AvgIpc) is 3.20. The maximum absolute atomic E-state index is 13.1. The number of nitrogens with zero attached hydrogens (tertiary/aromatic N) is 2. The summed E-state index contributed by atoms with van der Waals surface area (Å²) in [6, 6.07) is 13.4. The average molecular weight is 454 g/mol. The molecular weight excluding hydrogens is 438 g/mol. The molecule has 0 bridgehead atoms. The third kappa shape index (κ3) is 4.08. The minimum atomic E-state index is -0.605. The second-order valence-corrected chi connectivity index (χ2v) is 7.69. The van der Waals surface area contributed by atoms with Crippen molar-refractivity contribution in [1.29, 1.82) is 0 Å². The Morgan fingerprint density at radius 3 is 2.61 bits per heavy atom. The maximum Gasteiger partial charge on any atom is 0.338 e. The fourth-order valence-corrected chi connectivity index (χ4v) is 4.09. The molecule has 0 saturated carbocycles. The van der Waals surface area contributed by atoms with E-state index < -0.39 is 17.4 Å². The molecule has 1 N–H and O–H groups in total. The van der Waals surface area contributed by atoms with Crippen LogP contribution in [0.15, 0.2) is 64.9 Å². The second kappa shape index (κ2) is 8.71. The van der Waals surface area contributed by atoms with Gasteiger partial charge in [0.1, 0.15) is 5.56 Å². The van der Waals surface area contributed by atoms with Gasteiger partial charge in [-0.2, -0.15) is 0 Å². The molecule has 9 heteroatoms. The number of aromatic nitrogens is 2. The molecule has 31 heavy (non-hydrogen) atoms. The molecule has 2 heterocycles. The summed E-state index contributed by atoms with van der Waals surface area (Å²) >= 11 is 7.57. The summed E-state index contributed by atoms with van der Waals surface area (Å²) in [5, 5.41) is 4.93. The van der Waals surface area contributed by atoms with Crippen LogP contribution >= 0.6 is 22.9 Å². The topological polar surface area (TPSA) is 89.8 Å². The highest BCUT2D eigenvalue weighted by Gasteiger charge is 2.18. The number of hydrogen-bond donors (Lipinski definition) is 1. The first-order valence-corrected chi connectivity index (χ1v) is 10.6. The molecule has 0 atom stereocenters. The third-order valence-corrected chi connectivity index (χ3v) is 5.66. The number of amides is 1. The Bertz CT molecular complexity index is 1350. The van der Waals surface area contributed by atoms with Gasteiger partial charge < -0.3 is 10.1 Å². The molecule has 156 valence electrons. The Hall–Kier alpha value is -3.49. The van der Waals surface area contributed by atoms with Gasteiger partial charge in [-0.25, -0.2) is 9.78 Å². The van der Waals surface area contributed by atoms with Crippen LogP contribution in [0.25, 0.3) is 16.2 Å². The summed E-state index contributed by atoms with van der Waals surface area (Å²) < 4.78 is 6.32. The molecule has 0 aliphatic rings. The van der Waals surface area contributed by atoms with Crippen molar-refractivity contribution < 1.29 is 14.3 Å². The van der Waals surface area contributed by atoms with Crippen molar-refractivity contribution in [2.75, 3.05) is 11.9 Å². The first-order chi connectivity index (χ1) is 15.0. The number of esters is 1. The number of nitrogens with one attached hydrogen (secondary N) is 1. The molecule has 0 radical (unpaired) electrons. The summed E-state index contributed by atoms with van der Waals surface area (Å²) in [5.74, 6) is -1.05. The minimum absolute atomic E-state index is 0.112. The second-order valence-electron chi connectivity index (χ2n) is 6.45. The van der Waals surface area contributed by atoms with Crippen LogP contribution in [-0.4, -0.2) is 27.9 Å². The van der Waals surface area contributed by atoms with E-state index in [1.807, 2.05) is 6.07 Å². The number of rotatable bonds is 5. The van der Waals surface area contributed by atoms with Gasteiger partial charge in [0, 0.05) is 27.9 Å². The molecule has 1 amide bonds. The van der Waals surface area contributed by atoms with Gasteiger partial charge in [0.15, 0.2) is 4.96 Å². The Balaban J connectivity index is 1.65. The molecule has 7 nitrogen and oxygen atoms in total. The summed E-state index contributed by atoms with van der Waals surface area (Å²) in [6.07, 6.45) is 1.26. The van der Waals surface area contributed by atoms with Gasteiger partial charge in [0.25, 0.3) is 11.5 Å². The van der Waals surface area contributed by atoms with Crippen molar-refractivity contribution in [1.82, 2.24) is 9.38 Å². The normalized spacial score (nSPS) is 10.8. The van der Waals surface area contributed by atoms with E-state index in [0.29, 0.717) is 32.5 Å². The van der Waals surface area contributed by atoms with Crippen molar-refractivity contribution in [3.8, 4) is 11.3 Å². The number of benzene rings is 2. The number of ether oxygens (including phenoxy) is 1. The van der Waals surface area contributed by atoms with Crippen LogP contribution < -0.4 is 10.9 Å². The minimum Gasteiger partial charge on any atom is -0.462 e. The fourth-order valence-electron chi connectivity index (χ4n) is 3.01. The predicted octanol–water partition coefficient (Wildman–Crippen LogP) is 4.51. The summed E-state index contributed by atoms with van der Waals surface area (Å²) in [5.41, 5.74) is 1.42. The Kier molecular flexibility index (Phi) is 5.83. The van der Waals surface area contributed by atoms with Crippen molar-refractivity contribution in [3.05, 3.63) is 86.6 Å². The molecule has 2 aromatic carbocycles. The molecule has 2 aromatic heterocycles. The Morgan fingerprint density at radius 1 is 1.16 bits per heavy atom. The van der Waals surface area contributed by atoms with Gasteiger partial charge in [-0.05, 0) is 37.3 Å². The van der Waals surface area contributed by atoms with Crippen LogP contribution in [0.5, 0.6) is 0 Å². The highest BCUT2D eigenvalue weighted by atomic mass is 35.5. The number of thiazole rings is 1. The monoisotopic (exact) mass is 453 g/mol. The van der Waals surface area contributed by atoms with E-state index in [1.165, 1.54) is 34.1 Å². The highest BCUT2D eigenvalue weighted by molar-refractivity contribution is 7.15. The number of carbonyl (C=O) groups is 2. The first kappa shape index (κ1) is 20.8. The van der Waals surface area contributed by atoms with Crippen LogP contribution in [0.2, 0.25) is 5.02 Å². The molecule has 0 saturated heterocycles. The van der Waals surface area contributed by atoms with Gasteiger partial charge in [-0.1, -0.05) is 29.8 Å². The smallest absolute Gasteiger partial charge is 0.338 e. The lowest BCUT2D eigenvalue weighted by Gasteiger charge is -2.08. The zero-order chi connectivity index (χ0) is 22.0. The number of carbonyl (C=O) groups excluding carboxylic acids is 2. The van der Waals surface area contributed by atoms with E-state index in [1.54, 1.807) is 42.6 Å². The van der Waals surface area contributed by atoms with Gasteiger partial charge in [0.05, 0.1) is 17.9 Å². The zero-order valence-corrected chi connectivity index (χ0v) is 17.9. The molecule has 4 aromatic rings. The molecule has 4 rings (SSSR count). The van der Waals surface area contributed by atoms with Gasteiger partial charge in [0.2, 0.25) is 0 Å². The van der Waals surface area contributed by atoms with Crippen molar-refractivity contribution in [2.24, 2.45) is 0 Å². The molecule has 0 unspecified atom stereocenters. The van der Waals surface area contributed by atoms with Gasteiger partial charge >= 0.3 is 5.97 Å². The van der Waals surface area contributed by atoms with Gasteiger partial charge in [-0.3, -0.25) is 14.0 Å². The van der Waals surface area contributed by atoms with E-state index in [0.717, 1.165) is 0 Å². The Morgan fingerprint density at radius 2 is 1.90 bits per heavy atom. The molecule has 0 aliphatic heterocycles. The number of hydrogen-bond acceptors (Lipinski definition) is 6. The number of anilines is 1. The summed E-state index contributed by atoms with van der Waals surface area (Å²) in [4.78, 5) is 42.3. The van der Waals surface area contributed by atoms with Crippen LogP contribution in [0, 0.1) is 0 Å². The summed E-state index contributed by atoms with van der Waals surface area (Å²) in [7, 11) is 0. The van der Waals surface area contributed by atoms with Crippen LogP contribution in [-0.2, 0) is 4.74 Å². The van der Waals surface area contributed by atoms with Crippen molar-refractivity contribution >= 4 is 45.5 Å². The standard InChI is InChI=1S/C22H16ClN3O4S/c1-2-30-21(29)13-7-9-14(10-8-13)25-19(27)16-11-24-22-26(20(16)28)18(12-31-22)15-5-3-4-6-17(15)23/h3-12H,2H2,1H3,(H,25,27). The van der Waals surface area contributed by atoms with E-state index in [-0.39, 0.29) is 12.2 Å². The molecule has 0 aliphatic carbocycles. The van der Waals surface area contributed by atoms with E-state index in [9.17, 15) is 14.4 Å². The number of fused-ring (bicyclic) bond motifs is 1. The van der Waals surface area contributed by atoms with Crippen molar-refractivity contribution in [2.45, 2.75) is 6.92 Å². The van der Waals surface area contributed by atoms with Crippen LogP contribution in [0.1, 0.15) is 27.6 Å². The summed E-state index contributed by atoms with van der Waals surface area (Å²) in [6.45, 7) is 2.00. The third-order valence-electron chi connectivity index (χ3n) is 4.49. The lowest BCUT2D eigenvalue weighted by Crippen LogP contribution is -2.26. The quantitative estimate of drug-likeness (QED) is 0.449. The lowest BCUT2D eigenvalue weighted by molar-refractivity contribution is 0.0526. The van der Waals surface area contributed by atoms with E-state index >= 15 is 0 Å². The fraction of sp³-hybridized carbons (Fsp3) is 0.0909. The Labute approximate surface area is 185 Å². The van der Waals surface area contributed by atoms with E-state index in [2.05, 4.69) is 10.3 Å². The molecule has 0 spiro atoms. The SMILES string of the molecule is CCOC(=O)c1ccc(NC(=O)c2cnc3scc(-c4ccccc4Cl)n3c2=O)cc1. The van der Waals surface area contributed by atoms with Crippen LogP contribution in [0.3, 0.4) is 0 Å².